The van der Waals surface area contributed by atoms with Gasteiger partial charge in [0.15, 0.2) is 0 Å². The van der Waals surface area contributed by atoms with Crippen LogP contribution >= 0.6 is 0 Å². The van der Waals surface area contributed by atoms with E-state index in [4.69, 9.17) is 0 Å². The molecule has 1 aliphatic heterocycles. The van der Waals surface area contributed by atoms with Gasteiger partial charge in [-0.25, -0.2) is 0 Å². The van der Waals surface area contributed by atoms with Crippen molar-refractivity contribution in [2.24, 2.45) is 0 Å². The van der Waals surface area contributed by atoms with Crippen molar-refractivity contribution in [3.63, 3.8) is 0 Å². The van der Waals surface area contributed by atoms with Crippen molar-refractivity contribution in [3.8, 4) is 0 Å². The van der Waals surface area contributed by atoms with Gasteiger partial charge in [-0.05, 0) is 12.2 Å². The Labute approximate surface area is 59.1 Å². The Morgan fingerprint density at radius 3 is 3.10 bits per heavy atom. The molecule has 0 unspecified atom stereocenters. The summed E-state index contributed by atoms with van der Waals surface area (Å²) in [5.74, 6) is -0.117. The van der Waals surface area contributed by atoms with Crippen molar-refractivity contribution in [1.82, 2.24) is 10.6 Å². The average molecular weight is 136 g/mol. The number of hydrogen-bond donors (Lipinski definition) is 2. The number of carbonyl (C=O) groups is 1. The van der Waals surface area contributed by atoms with Crippen molar-refractivity contribution >= 4 is 5.91 Å². The van der Waals surface area contributed by atoms with Crippen LogP contribution in [0, 0.1) is 0 Å². The summed E-state index contributed by atoms with van der Waals surface area (Å²) < 4.78 is 0. The first kappa shape index (κ1) is 6.65. The largest absolute Gasteiger partial charge is 0.354 e. The molecule has 10 heavy (non-hydrogen) atoms. The molecular weight excluding hydrogens is 128 g/mol. The lowest BCUT2D eigenvalue weighted by molar-refractivity contribution is -0.117. The molecule has 0 atom stereocenters. The molecule has 3 heteroatoms. The van der Waals surface area contributed by atoms with E-state index in [1.807, 2.05) is 0 Å². The van der Waals surface area contributed by atoms with E-state index in [0.29, 0.717) is 5.70 Å². The number of nitrogens with one attached hydrogen (secondary N) is 2. The molecule has 0 bridgehead atoms. The van der Waals surface area contributed by atoms with Gasteiger partial charge in [0.1, 0.15) is 5.70 Å². The highest BCUT2D eigenvalue weighted by molar-refractivity contribution is 5.93. The van der Waals surface area contributed by atoms with E-state index >= 15 is 0 Å². The monoisotopic (exact) mass is 136 g/mol. The molecule has 1 rings (SSSR count). The van der Waals surface area contributed by atoms with E-state index in [-0.39, 0.29) is 5.91 Å². The molecule has 0 aliphatic carbocycles. The molecule has 1 amide bonds. The second-order valence-electron chi connectivity index (χ2n) is 1.78. The van der Waals surface area contributed by atoms with Crippen LogP contribution in [0.15, 0.2) is 29.8 Å². The van der Waals surface area contributed by atoms with Crippen LogP contribution in [0.5, 0.6) is 0 Å². The highest BCUT2D eigenvalue weighted by atomic mass is 16.1. The summed E-state index contributed by atoms with van der Waals surface area (Å²) in [6.07, 6.45) is 4.94. The predicted molar refractivity (Wildman–Crippen MR) is 37.9 cm³/mol. The highest BCUT2D eigenvalue weighted by Gasteiger charge is 2.03. The minimum atomic E-state index is -0.117. The average Bonchev–Trinajstić information content (AvgIpc) is 2.05. The number of rotatable bonds is 1. The number of hydrogen-bond acceptors (Lipinski definition) is 2. The molecule has 0 saturated heterocycles. The fourth-order valence-electron chi connectivity index (χ4n) is 0.623. The quantitative estimate of drug-likeness (QED) is 0.494. The molecule has 3 nitrogen and oxygen atoms in total. The minimum Gasteiger partial charge on any atom is -0.354 e. The van der Waals surface area contributed by atoms with E-state index in [9.17, 15) is 4.79 Å². The lowest BCUT2D eigenvalue weighted by Crippen LogP contribution is -2.26. The van der Waals surface area contributed by atoms with Gasteiger partial charge in [0.2, 0.25) is 0 Å². The van der Waals surface area contributed by atoms with Gasteiger partial charge < -0.3 is 10.6 Å². The molecular formula is C7H8N2O. The van der Waals surface area contributed by atoms with Gasteiger partial charge in [0.05, 0.1) is 0 Å². The molecule has 2 N–H and O–H groups in total. The van der Waals surface area contributed by atoms with Crippen LogP contribution in [0.25, 0.3) is 0 Å². The maximum atomic E-state index is 10.9. The topological polar surface area (TPSA) is 41.1 Å². The second-order valence-corrected chi connectivity index (χ2v) is 1.78. The SMILES string of the molecule is CNC(=O)C1=CC=C=CN1. The zero-order valence-electron chi connectivity index (χ0n) is 5.64. The van der Waals surface area contributed by atoms with Crippen molar-refractivity contribution < 1.29 is 4.79 Å². The summed E-state index contributed by atoms with van der Waals surface area (Å²) in [5, 5.41) is 5.25. The summed E-state index contributed by atoms with van der Waals surface area (Å²) in [6.45, 7) is 0. The van der Waals surface area contributed by atoms with Gasteiger partial charge in [0, 0.05) is 13.2 Å². The molecule has 1 aliphatic rings. The van der Waals surface area contributed by atoms with Crippen LogP contribution in [0.4, 0.5) is 0 Å². The van der Waals surface area contributed by atoms with E-state index < -0.39 is 0 Å². The molecule has 0 aromatic heterocycles. The maximum Gasteiger partial charge on any atom is 0.267 e. The standard InChI is InChI=1S/C7H8N2O/c1-8-7(10)6-4-2-3-5-9-6/h2,4-5,9H,1H3,(H,8,10). The van der Waals surface area contributed by atoms with E-state index in [2.05, 4.69) is 16.4 Å². The van der Waals surface area contributed by atoms with Gasteiger partial charge in [-0.3, -0.25) is 4.79 Å². The minimum absolute atomic E-state index is 0.117. The Bertz CT molecular complexity index is 234. The summed E-state index contributed by atoms with van der Waals surface area (Å²) in [4.78, 5) is 10.9. The van der Waals surface area contributed by atoms with Gasteiger partial charge in [0.25, 0.3) is 5.91 Å². The van der Waals surface area contributed by atoms with Crippen LogP contribution in [-0.2, 0) is 4.79 Å². The Morgan fingerprint density at radius 2 is 2.60 bits per heavy atom. The summed E-state index contributed by atoms with van der Waals surface area (Å²) in [6, 6.07) is 0. The maximum absolute atomic E-state index is 10.9. The van der Waals surface area contributed by atoms with E-state index in [1.165, 1.54) is 0 Å². The van der Waals surface area contributed by atoms with Crippen LogP contribution < -0.4 is 10.6 Å². The fourth-order valence-corrected chi connectivity index (χ4v) is 0.623. The lowest BCUT2D eigenvalue weighted by Gasteiger charge is -2.04. The van der Waals surface area contributed by atoms with E-state index in [1.54, 1.807) is 25.4 Å². The van der Waals surface area contributed by atoms with Crippen LogP contribution in [0.2, 0.25) is 0 Å². The summed E-state index contributed by atoms with van der Waals surface area (Å²) in [7, 11) is 1.59. The van der Waals surface area contributed by atoms with E-state index in [0.717, 1.165) is 0 Å². The third kappa shape index (κ3) is 1.27. The number of carbonyl (C=O) groups excluding carboxylic acids is 1. The van der Waals surface area contributed by atoms with Crippen LogP contribution in [-0.4, -0.2) is 13.0 Å². The zero-order chi connectivity index (χ0) is 7.40. The number of likely N-dealkylation sites (N-methyl/N-ethyl adjacent to an activating group) is 1. The van der Waals surface area contributed by atoms with Crippen LogP contribution in [0.1, 0.15) is 0 Å². The Hall–Kier alpha value is -1.47. The molecule has 0 radical (unpaired) electrons. The molecule has 1 heterocycles. The van der Waals surface area contributed by atoms with Gasteiger partial charge in [-0.1, -0.05) is 0 Å². The zero-order valence-corrected chi connectivity index (χ0v) is 5.64. The van der Waals surface area contributed by atoms with Crippen molar-refractivity contribution in [2.45, 2.75) is 0 Å². The van der Waals surface area contributed by atoms with Gasteiger partial charge in [-0.15, -0.1) is 5.73 Å². The summed E-state index contributed by atoms with van der Waals surface area (Å²) >= 11 is 0. The second kappa shape index (κ2) is 2.90. The third-order valence-corrected chi connectivity index (χ3v) is 1.13. The summed E-state index contributed by atoms with van der Waals surface area (Å²) in [5.41, 5.74) is 3.32. The molecule has 0 aromatic carbocycles. The van der Waals surface area contributed by atoms with Gasteiger partial charge >= 0.3 is 0 Å². The normalized spacial score (nSPS) is 13.9. The number of amides is 1. The molecule has 0 spiro atoms. The first-order chi connectivity index (χ1) is 4.84. The molecule has 0 aromatic rings. The first-order valence-electron chi connectivity index (χ1n) is 2.94. The van der Waals surface area contributed by atoms with Crippen LogP contribution in [0.3, 0.4) is 0 Å². The third-order valence-electron chi connectivity index (χ3n) is 1.13. The highest BCUT2D eigenvalue weighted by Crippen LogP contribution is 1.92. The van der Waals surface area contributed by atoms with Crippen molar-refractivity contribution in [2.75, 3.05) is 7.05 Å². The first-order valence-corrected chi connectivity index (χ1v) is 2.94. The Kier molecular flexibility index (Phi) is 1.92. The smallest absolute Gasteiger partial charge is 0.267 e. The molecule has 0 fully saturated rings. The predicted octanol–water partition coefficient (Wildman–Crippen LogP) is -0.112. The van der Waals surface area contributed by atoms with Crippen molar-refractivity contribution in [1.29, 1.82) is 0 Å². The van der Waals surface area contributed by atoms with Crippen molar-refractivity contribution in [3.05, 3.63) is 29.8 Å². The van der Waals surface area contributed by atoms with Gasteiger partial charge in [-0.2, -0.15) is 0 Å². The fraction of sp³-hybridized carbons (Fsp3) is 0.143. The Morgan fingerprint density at radius 1 is 1.80 bits per heavy atom. The molecule has 52 valence electrons. The Balaban J connectivity index is 2.68. The molecule has 0 saturated carbocycles. The lowest BCUT2D eigenvalue weighted by atomic mass is 10.3. The number of allylic oxidation sites excluding steroid dienone is 2.